The highest BCUT2D eigenvalue weighted by Crippen LogP contribution is 2.36. The number of unbranched alkanes of at least 4 members (excludes halogenated alkanes) is 21. The van der Waals surface area contributed by atoms with Crippen LogP contribution >= 0.6 is 7.82 Å². The molecule has 0 rings (SSSR count). The van der Waals surface area contributed by atoms with E-state index < -0.39 is 32.5 Å². The highest BCUT2D eigenvalue weighted by molar-refractivity contribution is 7.46. The van der Waals surface area contributed by atoms with Crippen molar-refractivity contribution in [2.75, 3.05) is 13.2 Å². The zero-order valence-corrected chi connectivity index (χ0v) is 36.7. The molecule has 8 nitrogen and oxygen atoms in total. The first-order chi connectivity index (χ1) is 27.3. The molecule has 0 bridgehead atoms. The third-order valence-corrected chi connectivity index (χ3v) is 10.0. The second-order valence-corrected chi connectivity index (χ2v) is 16.2. The second kappa shape index (κ2) is 42.4. The molecular weight excluding hydrogens is 723 g/mol. The van der Waals surface area contributed by atoms with Gasteiger partial charge in [-0.2, -0.15) is 0 Å². The molecule has 324 valence electrons. The SMILES string of the molecule is CC/C=C\C/C=C\C/C=C\C/C=C\C/C=C\CCCCCC(=O)OC(COC(=O)CCCCCCCCCCCCCCCCCCCCC)COP(=O)(O)O. The Morgan fingerprint density at radius 1 is 0.482 bits per heavy atom. The first-order valence-corrected chi connectivity index (χ1v) is 24.1. The molecule has 0 saturated heterocycles. The predicted octanol–water partition coefficient (Wildman–Crippen LogP) is 14.1. The fourth-order valence-corrected chi connectivity index (χ4v) is 6.58. The van der Waals surface area contributed by atoms with Gasteiger partial charge in [0.1, 0.15) is 6.61 Å². The fraction of sp³-hybridized carbons (Fsp3) is 0.745. The molecule has 0 fully saturated rings. The number of allylic oxidation sites excluding steroid dienone is 10. The van der Waals surface area contributed by atoms with Gasteiger partial charge in [0, 0.05) is 12.8 Å². The van der Waals surface area contributed by atoms with Crippen LogP contribution in [-0.4, -0.2) is 41.0 Å². The van der Waals surface area contributed by atoms with E-state index in [4.69, 9.17) is 19.3 Å². The monoisotopic (exact) mass is 807 g/mol. The predicted molar refractivity (Wildman–Crippen MR) is 234 cm³/mol. The first-order valence-electron chi connectivity index (χ1n) is 22.6. The van der Waals surface area contributed by atoms with Crippen LogP contribution in [0.25, 0.3) is 0 Å². The summed E-state index contributed by atoms with van der Waals surface area (Å²) in [5, 5.41) is 0. The number of hydrogen-bond acceptors (Lipinski definition) is 6. The standard InChI is InChI=1S/C47H83O8P/c1-3-5-7-9-11-13-15-17-19-21-23-25-27-29-31-33-35-37-39-41-46(48)53-43-45(44-54-56(50,51)52)55-47(49)42-40-38-36-34-32-30-28-26-24-22-20-18-16-14-12-10-8-6-4-2/h6,8,12,14,18,20,24,26,30,32,45H,3-5,7,9-11,13,15-17,19,21-23,25,27-29,31,33-44H2,1-2H3,(H2,50,51,52)/b8-6-,14-12-,20-18-,26-24-,32-30-. The van der Waals surface area contributed by atoms with Gasteiger partial charge in [0.05, 0.1) is 6.61 Å². The van der Waals surface area contributed by atoms with Gasteiger partial charge in [-0.3, -0.25) is 14.1 Å². The molecule has 0 saturated carbocycles. The van der Waals surface area contributed by atoms with E-state index in [0.29, 0.717) is 6.42 Å². The average molecular weight is 807 g/mol. The van der Waals surface area contributed by atoms with Gasteiger partial charge in [-0.1, -0.05) is 197 Å². The van der Waals surface area contributed by atoms with E-state index in [1.54, 1.807) is 0 Å². The summed E-state index contributed by atoms with van der Waals surface area (Å²) < 4.78 is 26.4. The molecule has 0 aliphatic carbocycles. The molecule has 0 aromatic rings. The Bertz CT molecular complexity index is 1090. The zero-order valence-electron chi connectivity index (χ0n) is 35.8. The lowest BCUT2D eigenvalue weighted by Crippen LogP contribution is -2.29. The van der Waals surface area contributed by atoms with Crippen LogP contribution in [0.5, 0.6) is 0 Å². The lowest BCUT2D eigenvalue weighted by Gasteiger charge is -2.18. The summed E-state index contributed by atoms with van der Waals surface area (Å²) in [6.45, 7) is 3.56. The maximum Gasteiger partial charge on any atom is 0.469 e. The molecule has 1 unspecified atom stereocenters. The van der Waals surface area contributed by atoms with Crippen LogP contribution in [0.15, 0.2) is 60.8 Å². The van der Waals surface area contributed by atoms with Crippen molar-refractivity contribution in [1.82, 2.24) is 0 Å². The lowest BCUT2D eigenvalue weighted by atomic mass is 10.0. The Kier molecular flexibility index (Phi) is 40.7. The van der Waals surface area contributed by atoms with E-state index in [0.717, 1.165) is 70.6 Å². The number of esters is 2. The van der Waals surface area contributed by atoms with Crippen LogP contribution in [0.1, 0.15) is 206 Å². The molecule has 2 N–H and O–H groups in total. The summed E-state index contributed by atoms with van der Waals surface area (Å²) in [5.74, 6) is -0.918. The third-order valence-electron chi connectivity index (χ3n) is 9.55. The maximum absolute atomic E-state index is 12.4. The summed E-state index contributed by atoms with van der Waals surface area (Å²) in [6, 6.07) is 0. The van der Waals surface area contributed by atoms with E-state index in [1.165, 1.54) is 103 Å². The number of carbonyl (C=O) groups is 2. The van der Waals surface area contributed by atoms with Crippen molar-refractivity contribution >= 4 is 19.8 Å². The van der Waals surface area contributed by atoms with Crippen LogP contribution in [0, 0.1) is 0 Å². The summed E-state index contributed by atoms with van der Waals surface area (Å²) in [4.78, 5) is 42.9. The number of rotatable bonds is 41. The van der Waals surface area contributed by atoms with Gasteiger partial charge in [0.2, 0.25) is 0 Å². The summed E-state index contributed by atoms with van der Waals surface area (Å²) in [5.41, 5.74) is 0. The highest BCUT2D eigenvalue weighted by Gasteiger charge is 2.22. The van der Waals surface area contributed by atoms with Gasteiger partial charge in [-0.05, 0) is 57.8 Å². The van der Waals surface area contributed by atoms with Crippen molar-refractivity contribution in [2.45, 2.75) is 213 Å². The molecule has 0 aromatic heterocycles. The van der Waals surface area contributed by atoms with Gasteiger partial charge in [0.15, 0.2) is 6.10 Å². The number of carbonyl (C=O) groups excluding carboxylic acids is 2. The van der Waals surface area contributed by atoms with Crippen molar-refractivity contribution in [3.05, 3.63) is 60.8 Å². The second-order valence-electron chi connectivity index (χ2n) is 15.0. The van der Waals surface area contributed by atoms with E-state index in [2.05, 4.69) is 79.1 Å². The Morgan fingerprint density at radius 3 is 1.29 bits per heavy atom. The Labute approximate surface area is 343 Å². The molecule has 0 aliphatic rings. The topological polar surface area (TPSA) is 119 Å². The molecule has 0 heterocycles. The molecule has 56 heavy (non-hydrogen) atoms. The Hall–Kier alpha value is -2.25. The molecular formula is C47H83O8P. The minimum atomic E-state index is -4.77. The lowest BCUT2D eigenvalue weighted by molar-refractivity contribution is -0.161. The van der Waals surface area contributed by atoms with Gasteiger partial charge in [-0.25, -0.2) is 4.57 Å². The van der Waals surface area contributed by atoms with Crippen LogP contribution in [0.4, 0.5) is 0 Å². The summed E-state index contributed by atoms with van der Waals surface area (Å²) in [7, 11) is -4.77. The van der Waals surface area contributed by atoms with Crippen LogP contribution in [0.2, 0.25) is 0 Å². The summed E-state index contributed by atoms with van der Waals surface area (Å²) >= 11 is 0. The van der Waals surface area contributed by atoms with Gasteiger partial charge >= 0.3 is 19.8 Å². The van der Waals surface area contributed by atoms with E-state index >= 15 is 0 Å². The maximum atomic E-state index is 12.4. The number of ether oxygens (including phenoxy) is 2. The quantitative estimate of drug-likeness (QED) is 0.0271. The van der Waals surface area contributed by atoms with Gasteiger partial charge < -0.3 is 19.3 Å². The van der Waals surface area contributed by atoms with Crippen molar-refractivity contribution in [3.63, 3.8) is 0 Å². The van der Waals surface area contributed by atoms with E-state index in [9.17, 15) is 14.2 Å². The largest absolute Gasteiger partial charge is 0.469 e. The number of hydrogen-bond donors (Lipinski definition) is 2. The highest BCUT2D eigenvalue weighted by atomic mass is 31.2. The molecule has 0 aromatic carbocycles. The molecule has 0 amide bonds. The van der Waals surface area contributed by atoms with Crippen molar-refractivity contribution in [2.24, 2.45) is 0 Å². The normalized spacial score (nSPS) is 13.0. The molecule has 1 atom stereocenters. The first kappa shape index (κ1) is 53.8. The van der Waals surface area contributed by atoms with Crippen LogP contribution < -0.4 is 0 Å². The van der Waals surface area contributed by atoms with Crippen molar-refractivity contribution in [3.8, 4) is 0 Å². The fourth-order valence-electron chi connectivity index (χ4n) is 6.22. The van der Waals surface area contributed by atoms with Crippen LogP contribution in [0.3, 0.4) is 0 Å². The minimum Gasteiger partial charge on any atom is -0.462 e. The number of phosphoric acid groups is 1. The Balaban J connectivity index is 3.94. The Morgan fingerprint density at radius 2 is 0.857 bits per heavy atom. The summed E-state index contributed by atoms with van der Waals surface area (Å²) in [6.07, 6.45) is 53.7. The van der Waals surface area contributed by atoms with E-state index in [1.807, 2.05) is 0 Å². The smallest absolute Gasteiger partial charge is 0.462 e. The molecule has 0 spiro atoms. The van der Waals surface area contributed by atoms with Crippen molar-refractivity contribution in [1.29, 1.82) is 0 Å². The van der Waals surface area contributed by atoms with Crippen molar-refractivity contribution < 1.29 is 37.9 Å². The van der Waals surface area contributed by atoms with Crippen LogP contribution in [-0.2, 0) is 28.2 Å². The minimum absolute atomic E-state index is 0.172. The third kappa shape index (κ3) is 44.5. The number of phosphoric ester groups is 1. The average Bonchev–Trinajstić information content (AvgIpc) is 3.17. The van der Waals surface area contributed by atoms with E-state index in [-0.39, 0.29) is 19.4 Å². The zero-order chi connectivity index (χ0) is 41.1. The molecule has 9 heteroatoms. The van der Waals surface area contributed by atoms with Gasteiger partial charge in [-0.15, -0.1) is 0 Å². The van der Waals surface area contributed by atoms with Gasteiger partial charge in [0.25, 0.3) is 0 Å². The molecule has 0 aliphatic heterocycles. The molecule has 0 radical (unpaired) electrons.